The van der Waals surface area contributed by atoms with Gasteiger partial charge in [0, 0.05) is 11.6 Å². The lowest BCUT2D eigenvalue weighted by atomic mass is 9.81. The molecule has 1 aliphatic heterocycles. The molecule has 1 heterocycles. The largest absolute Gasteiger partial charge is 0.350 e. The monoisotopic (exact) mass is 334 g/mol. The van der Waals surface area contributed by atoms with Crippen molar-refractivity contribution >= 4 is 29.3 Å². The molecule has 2 atom stereocenters. The zero-order chi connectivity index (χ0) is 16.4. The number of nitrogens with zero attached hydrogens (tertiary/aromatic N) is 1. The molecule has 1 aromatic carbocycles. The smallest absolute Gasteiger partial charge is 0.240 e. The molecule has 3 amide bonds. The van der Waals surface area contributed by atoms with E-state index in [-0.39, 0.29) is 36.1 Å². The van der Waals surface area contributed by atoms with Crippen molar-refractivity contribution in [3.05, 3.63) is 34.9 Å². The Bertz CT molecular complexity index is 605. The Morgan fingerprint density at radius 1 is 1.09 bits per heavy atom. The first-order chi connectivity index (χ1) is 11.1. The summed E-state index contributed by atoms with van der Waals surface area (Å²) in [6, 6.07) is 7.15. The van der Waals surface area contributed by atoms with Crippen LogP contribution in [0.5, 0.6) is 0 Å². The van der Waals surface area contributed by atoms with E-state index in [1.165, 1.54) is 0 Å². The van der Waals surface area contributed by atoms with Gasteiger partial charge in [0.05, 0.1) is 11.8 Å². The maximum atomic E-state index is 12.3. The van der Waals surface area contributed by atoms with Gasteiger partial charge in [0.2, 0.25) is 17.7 Å². The minimum atomic E-state index is -0.319. The second-order valence-electron chi connectivity index (χ2n) is 6.16. The molecule has 6 heteroatoms. The number of rotatable bonds is 4. The number of halogens is 1. The van der Waals surface area contributed by atoms with Crippen molar-refractivity contribution in [3.63, 3.8) is 0 Å². The van der Waals surface area contributed by atoms with Crippen LogP contribution in [-0.4, -0.2) is 29.2 Å². The van der Waals surface area contributed by atoms with Crippen molar-refractivity contribution in [2.24, 2.45) is 11.8 Å². The average molecular weight is 335 g/mol. The highest BCUT2D eigenvalue weighted by Crippen LogP contribution is 2.37. The molecular weight excluding hydrogens is 316 g/mol. The lowest BCUT2D eigenvalue weighted by Gasteiger charge is -2.19. The Balaban J connectivity index is 1.56. The number of likely N-dealkylation sites (tertiary alicyclic amines) is 1. The van der Waals surface area contributed by atoms with Crippen LogP contribution in [0.3, 0.4) is 0 Å². The molecule has 0 unspecified atom stereocenters. The summed E-state index contributed by atoms with van der Waals surface area (Å²) in [6.45, 7) is 0.164. The van der Waals surface area contributed by atoms with Crippen LogP contribution in [0.4, 0.5) is 0 Å². The lowest BCUT2D eigenvalue weighted by molar-refractivity contribution is -0.143. The molecule has 3 rings (SSSR count). The van der Waals surface area contributed by atoms with E-state index in [0.29, 0.717) is 11.6 Å². The van der Waals surface area contributed by atoms with E-state index in [2.05, 4.69) is 5.32 Å². The van der Waals surface area contributed by atoms with Crippen LogP contribution in [0.25, 0.3) is 0 Å². The Labute approximate surface area is 140 Å². The third kappa shape index (κ3) is 3.39. The minimum absolute atomic E-state index is 0.179. The molecule has 1 saturated heterocycles. The summed E-state index contributed by atoms with van der Waals surface area (Å²) in [6.07, 6.45) is 3.49. The molecule has 2 fully saturated rings. The number of benzene rings is 1. The summed E-state index contributed by atoms with van der Waals surface area (Å²) in [5, 5.41) is 3.37. The fourth-order valence-corrected chi connectivity index (χ4v) is 3.52. The minimum Gasteiger partial charge on any atom is -0.350 e. The van der Waals surface area contributed by atoms with Gasteiger partial charge in [0.25, 0.3) is 0 Å². The molecule has 0 radical (unpaired) electrons. The maximum Gasteiger partial charge on any atom is 0.240 e. The predicted molar refractivity (Wildman–Crippen MR) is 85.5 cm³/mol. The number of imide groups is 1. The van der Waals surface area contributed by atoms with Crippen molar-refractivity contribution in [3.8, 4) is 0 Å². The molecule has 1 aliphatic carbocycles. The quantitative estimate of drug-likeness (QED) is 0.858. The lowest BCUT2D eigenvalue weighted by Crippen LogP contribution is -2.40. The summed E-state index contributed by atoms with van der Waals surface area (Å²) in [7, 11) is 0. The third-order valence-corrected chi connectivity index (χ3v) is 4.89. The first-order valence-electron chi connectivity index (χ1n) is 7.92. The molecule has 0 bridgehead atoms. The second kappa shape index (κ2) is 6.71. The maximum absolute atomic E-state index is 12.3. The Hall–Kier alpha value is -1.88. The summed E-state index contributed by atoms with van der Waals surface area (Å²) in [5.74, 6) is -1.09. The zero-order valence-electron chi connectivity index (χ0n) is 12.8. The standard InChI is InChI=1S/C17H19ClN2O3/c18-12-7-5-11(6-8-12)9-19-15(21)10-20-16(22)13-3-1-2-4-14(13)17(20)23/h5-8,13-14H,1-4,9-10H2,(H,19,21)/t13-,14-/m1/s1. The fourth-order valence-electron chi connectivity index (χ4n) is 3.39. The number of hydrogen-bond acceptors (Lipinski definition) is 3. The molecule has 1 N–H and O–H groups in total. The van der Waals surface area contributed by atoms with Gasteiger partial charge >= 0.3 is 0 Å². The van der Waals surface area contributed by atoms with Gasteiger partial charge in [-0.3, -0.25) is 19.3 Å². The molecule has 1 aromatic rings. The fraction of sp³-hybridized carbons (Fsp3) is 0.471. The summed E-state index contributed by atoms with van der Waals surface area (Å²) in [5.41, 5.74) is 0.912. The highest BCUT2D eigenvalue weighted by atomic mass is 35.5. The van der Waals surface area contributed by atoms with E-state index in [4.69, 9.17) is 11.6 Å². The van der Waals surface area contributed by atoms with Gasteiger partial charge in [-0.15, -0.1) is 0 Å². The molecule has 23 heavy (non-hydrogen) atoms. The van der Waals surface area contributed by atoms with Gasteiger partial charge in [0.15, 0.2) is 0 Å². The van der Waals surface area contributed by atoms with E-state index in [0.717, 1.165) is 36.1 Å². The van der Waals surface area contributed by atoms with Gasteiger partial charge in [-0.1, -0.05) is 36.6 Å². The van der Waals surface area contributed by atoms with E-state index in [1.807, 2.05) is 12.1 Å². The normalized spacial score (nSPS) is 23.8. The summed E-state index contributed by atoms with van der Waals surface area (Å²) in [4.78, 5) is 37.8. The van der Waals surface area contributed by atoms with E-state index < -0.39 is 0 Å². The van der Waals surface area contributed by atoms with E-state index in [1.54, 1.807) is 12.1 Å². The van der Waals surface area contributed by atoms with Crippen LogP contribution < -0.4 is 5.32 Å². The Morgan fingerprint density at radius 3 is 2.22 bits per heavy atom. The Morgan fingerprint density at radius 2 is 1.65 bits per heavy atom. The molecule has 2 aliphatic rings. The van der Waals surface area contributed by atoms with Crippen molar-refractivity contribution in [1.29, 1.82) is 0 Å². The van der Waals surface area contributed by atoms with Crippen LogP contribution in [0.1, 0.15) is 31.2 Å². The number of hydrogen-bond donors (Lipinski definition) is 1. The molecule has 5 nitrogen and oxygen atoms in total. The van der Waals surface area contributed by atoms with Gasteiger partial charge in [-0.25, -0.2) is 0 Å². The number of fused-ring (bicyclic) bond motifs is 1. The molecule has 0 aromatic heterocycles. The number of carbonyl (C=O) groups excluding carboxylic acids is 3. The summed E-state index contributed by atoms with van der Waals surface area (Å²) < 4.78 is 0. The van der Waals surface area contributed by atoms with E-state index in [9.17, 15) is 14.4 Å². The molecular formula is C17H19ClN2O3. The SMILES string of the molecule is O=C(CN1C(=O)[C@@H]2CCCC[C@H]2C1=O)NCc1ccc(Cl)cc1. The van der Waals surface area contributed by atoms with E-state index >= 15 is 0 Å². The van der Waals surface area contributed by atoms with Gasteiger partial charge in [0.1, 0.15) is 6.54 Å². The average Bonchev–Trinajstić information content (AvgIpc) is 2.80. The van der Waals surface area contributed by atoms with Crippen LogP contribution in [0, 0.1) is 11.8 Å². The van der Waals surface area contributed by atoms with Crippen LogP contribution in [-0.2, 0) is 20.9 Å². The van der Waals surface area contributed by atoms with Crippen molar-refractivity contribution in [2.45, 2.75) is 32.2 Å². The Kier molecular flexibility index (Phi) is 4.66. The summed E-state index contributed by atoms with van der Waals surface area (Å²) >= 11 is 5.81. The first-order valence-corrected chi connectivity index (χ1v) is 8.30. The molecule has 0 spiro atoms. The number of nitrogens with one attached hydrogen (secondary N) is 1. The van der Waals surface area contributed by atoms with Gasteiger partial charge in [-0.2, -0.15) is 0 Å². The molecule has 122 valence electrons. The number of carbonyl (C=O) groups is 3. The highest BCUT2D eigenvalue weighted by molar-refractivity contribution is 6.30. The zero-order valence-corrected chi connectivity index (χ0v) is 13.5. The highest BCUT2D eigenvalue weighted by Gasteiger charge is 2.48. The van der Waals surface area contributed by atoms with Gasteiger partial charge in [-0.05, 0) is 30.5 Å². The van der Waals surface area contributed by atoms with Crippen molar-refractivity contribution < 1.29 is 14.4 Å². The van der Waals surface area contributed by atoms with Crippen LogP contribution in [0.15, 0.2) is 24.3 Å². The first kappa shape index (κ1) is 16.0. The van der Waals surface area contributed by atoms with Crippen molar-refractivity contribution in [1.82, 2.24) is 10.2 Å². The van der Waals surface area contributed by atoms with Crippen LogP contribution in [0.2, 0.25) is 5.02 Å². The third-order valence-electron chi connectivity index (χ3n) is 4.64. The predicted octanol–water partition coefficient (Wildman–Crippen LogP) is 2.13. The van der Waals surface area contributed by atoms with Crippen LogP contribution >= 0.6 is 11.6 Å². The molecule has 1 saturated carbocycles. The van der Waals surface area contributed by atoms with Crippen molar-refractivity contribution in [2.75, 3.05) is 6.54 Å². The second-order valence-corrected chi connectivity index (χ2v) is 6.60. The topological polar surface area (TPSA) is 66.5 Å². The van der Waals surface area contributed by atoms with Gasteiger partial charge < -0.3 is 5.32 Å². The number of amides is 3.